The number of hydrogen-bond acceptors (Lipinski definition) is 8. The SMILES string of the molecule is CCS(=O)(=O)c1ccc(Oc2cc(Sc3ccccn3)c3nc(-c4ccccn4)[nH]c3c2)cn1. The molecule has 5 rings (SSSR count). The highest BCUT2D eigenvalue weighted by molar-refractivity contribution is 7.99. The van der Waals surface area contributed by atoms with Crippen LogP contribution in [0.2, 0.25) is 0 Å². The van der Waals surface area contributed by atoms with Crippen molar-refractivity contribution < 1.29 is 13.2 Å². The molecule has 0 unspecified atom stereocenters. The highest BCUT2D eigenvalue weighted by Gasteiger charge is 2.16. The van der Waals surface area contributed by atoms with Crippen LogP contribution in [-0.2, 0) is 9.84 Å². The Morgan fingerprint density at radius 2 is 1.76 bits per heavy atom. The maximum absolute atomic E-state index is 12.0. The van der Waals surface area contributed by atoms with E-state index in [0.717, 1.165) is 26.6 Å². The molecule has 4 aromatic heterocycles. The van der Waals surface area contributed by atoms with Crippen molar-refractivity contribution in [1.82, 2.24) is 24.9 Å². The first kappa shape index (κ1) is 22.1. The fourth-order valence-corrected chi connectivity index (χ4v) is 4.93. The van der Waals surface area contributed by atoms with Crippen molar-refractivity contribution in [3.63, 3.8) is 0 Å². The van der Waals surface area contributed by atoms with Gasteiger partial charge in [0, 0.05) is 23.4 Å². The van der Waals surface area contributed by atoms with E-state index in [4.69, 9.17) is 9.72 Å². The second kappa shape index (κ2) is 9.24. The minimum atomic E-state index is -3.38. The molecular weight excluding hydrogens is 470 g/mol. The zero-order valence-corrected chi connectivity index (χ0v) is 19.7. The molecule has 1 N–H and O–H groups in total. The number of rotatable bonds is 7. The van der Waals surface area contributed by atoms with Crippen molar-refractivity contribution in [1.29, 1.82) is 0 Å². The molecule has 34 heavy (non-hydrogen) atoms. The number of aromatic amines is 1. The number of sulfone groups is 1. The van der Waals surface area contributed by atoms with Crippen molar-refractivity contribution in [3.05, 3.63) is 79.3 Å². The molecule has 1 aromatic carbocycles. The lowest BCUT2D eigenvalue weighted by Gasteiger charge is -2.09. The van der Waals surface area contributed by atoms with E-state index < -0.39 is 9.84 Å². The van der Waals surface area contributed by atoms with E-state index in [2.05, 4.69) is 19.9 Å². The summed E-state index contributed by atoms with van der Waals surface area (Å²) in [4.78, 5) is 21.8. The largest absolute Gasteiger partial charge is 0.456 e. The zero-order chi connectivity index (χ0) is 23.5. The molecule has 0 aliphatic heterocycles. The maximum atomic E-state index is 12.0. The van der Waals surface area contributed by atoms with Crippen molar-refractivity contribution in [2.45, 2.75) is 21.9 Å². The highest BCUT2D eigenvalue weighted by atomic mass is 32.2. The van der Waals surface area contributed by atoms with Gasteiger partial charge in [-0.3, -0.25) is 4.98 Å². The van der Waals surface area contributed by atoms with Gasteiger partial charge in [-0.05, 0) is 42.5 Å². The van der Waals surface area contributed by atoms with Crippen molar-refractivity contribution in [2.75, 3.05) is 5.75 Å². The van der Waals surface area contributed by atoms with Gasteiger partial charge < -0.3 is 9.72 Å². The number of fused-ring (bicyclic) bond motifs is 1. The molecule has 0 aliphatic carbocycles. The summed E-state index contributed by atoms with van der Waals surface area (Å²) >= 11 is 1.47. The van der Waals surface area contributed by atoms with Gasteiger partial charge in [0.15, 0.2) is 20.7 Å². The Balaban J connectivity index is 1.54. The molecule has 0 saturated carbocycles. The van der Waals surface area contributed by atoms with E-state index >= 15 is 0 Å². The molecule has 0 aliphatic rings. The van der Waals surface area contributed by atoms with Crippen LogP contribution in [0.3, 0.4) is 0 Å². The molecule has 0 saturated heterocycles. The van der Waals surface area contributed by atoms with Crippen LogP contribution in [0, 0.1) is 0 Å². The highest BCUT2D eigenvalue weighted by Crippen LogP contribution is 2.37. The van der Waals surface area contributed by atoms with Crippen LogP contribution in [0.4, 0.5) is 0 Å². The predicted molar refractivity (Wildman–Crippen MR) is 130 cm³/mol. The summed E-state index contributed by atoms with van der Waals surface area (Å²) in [6.45, 7) is 1.58. The average molecular weight is 490 g/mol. The van der Waals surface area contributed by atoms with E-state index in [-0.39, 0.29) is 10.8 Å². The number of nitrogens with zero attached hydrogens (tertiary/aromatic N) is 4. The number of ether oxygens (including phenoxy) is 1. The molecular formula is C24H19N5O3S2. The van der Waals surface area contributed by atoms with Crippen molar-refractivity contribution in [3.8, 4) is 23.0 Å². The van der Waals surface area contributed by atoms with Crippen LogP contribution in [0.5, 0.6) is 11.5 Å². The monoisotopic (exact) mass is 489 g/mol. The van der Waals surface area contributed by atoms with Gasteiger partial charge in [0.2, 0.25) is 0 Å². The first-order valence-electron chi connectivity index (χ1n) is 10.4. The standard InChI is InChI=1S/C24H19N5O3S2/c1-2-34(30,31)22-10-9-16(15-27-22)32-17-13-19-23(20(14-17)33-21-8-4-6-12-26-21)29-24(28-19)18-7-3-5-11-25-18/h3-15H,2H2,1H3,(H,28,29). The molecule has 0 atom stereocenters. The molecule has 0 spiro atoms. The molecule has 8 nitrogen and oxygen atoms in total. The smallest absolute Gasteiger partial charge is 0.195 e. The van der Waals surface area contributed by atoms with E-state index in [0.29, 0.717) is 17.3 Å². The van der Waals surface area contributed by atoms with Crippen LogP contribution in [0.1, 0.15) is 6.92 Å². The Labute approximate surface area is 200 Å². The van der Waals surface area contributed by atoms with Crippen molar-refractivity contribution >= 4 is 32.6 Å². The van der Waals surface area contributed by atoms with E-state index in [1.54, 1.807) is 25.4 Å². The zero-order valence-electron chi connectivity index (χ0n) is 18.0. The number of benzene rings is 1. The van der Waals surface area contributed by atoms with Gasteiger partial charge in [0.05, 0.1) is 17.5 Å². The minimum Gasteiger partial charge on any atom is -0.456 e. The first-order valence-corrected chi connectivity index (χ1v) is 12.9. The lowest BCUT2D eigenvalue weighted by Crippen LogP contribution is -2.05. The van der Waals surface area contributed by atoms with Crippen LogP contribution in [0.25, 0.3) is 22.6 Å². The summed E-state index contributed by atoms with van der Waals surface area (Å²) in [6, 6.07) is 18.1. The third-order valence-corrected chi connectivity index (χ3v) is 7.55. The topological polar surface area (TPSA) is 111 Å². The summed E-state index contributed by atoms with van der Waals surface area (Å²) in [5, 5.41) is 0.844. The summed E-state index contributed by atoms with van der Waals surface area (Å²) in [7, 11) is -3.38. The Morgan fingerprint density at radius 3 is 2.44 bits per heavy atom. The van der Waals surface area contributed by atoms with Gasteiger partial charge in [-0.1, -0.05) is 30.8 Å². The van der Waals surface area contributed by atoms with E-state index in [1.165, 1.54) is 24.0 Å². The lowest BCUT2D eigenvalue weighted by molar-refractivity contribution is 0.478. The normalized spacial score (nSPS) is 11.6. The van der Waals surface area contributed by atoms with Crippen molar-refractivity contribution in [2.24, 2.45) is 0 Å². The summed E-state index contributed by atoms with van der Waals surface area (Å²) in [5.41, 5.74) is 2.27. The maximum Gasteiger partial charge on any atom is 0.195 e. The minimum absolute atomic E-state index is 0.0105. The molecule has 4 heterocycles. The number of imidazole rings is 1. The third kappa shape index (κ3) is 4.63. The van der Waals surface area contributed by atoms with Crippen LogP contribution >= 0.6 is 11.8 Å². The molecule has 170 valence electrons. The number of nitrogens with one attached hydrogen (secondary N) is 1. The Bertz CT molecular complexity index is 1540. The number of pyridine rings is 3. The lowest BCUT2D eigenvalue weighted by atomic mass is 10.3. The molecule has 0 fully saturated rings. The number of hydrogen-bond donors (Lipinski definition) is 1. The second-order valence-corrected chi connectivity index (χ2v) is 10.5. The molecule has 0 amide bonds. The van der Waals surface area contributed by atoms with Crippen LogP contribution < -0.4 is 4.74 Å². The van der Waals surface area contributed by atoms with Crippen LogP contribution in [0.15, 0.2) is 94.2 Å². The molecule has 5 aromatic rings. The molecule has 0 radical (unpaired) electrons. The Morgan fingerprint density at radius 1 is 0.941 bits per heavy atom. The summed E-state index contributed by atoms with van der Waals surface area (Å²) in [6.07, 6.45) is 4.86. The Kier molecular flexibility index (Phi) is 5.99. The Hall–Kier alpha value is -3.76. The van der Waals surface area contributed by atoms with E-state index in [1.807, 2.05) is 48.5 Å². The summed E-state index contributed by atoms with van der Waals surface area (Å²) in [5.74, 6) is 1.61. The fourth-order valence-electron chi connectivity index (χ4n) is 3.24. The molecule has 0 bridgehead atoms. The van der Waals surface area contributed by atoms with Crippen LogP contribution in [-0.4, -0.2) is 39.1 Å². The molecule has 10 heteroatoms. The third-order valence-electron chi connectivity index (χ3n) is 4.93. The first-order chi connectivity index (χ1) is 16.5. The second-order valence-electron chi connectivity index (χ2n) is 7.23. The van der Waals surface area contributed by atoms with Gasteiger partial charge in [0.1, 0.15) is 27.7 Å². The summed E-state index contributed by atoms with van der Waals surface area (Å²) < 4.78 is 30.1. The van der Waals surface area contributed by atoms with E-state index in [9.17, 15) is 8.42 Å². The van der Waals surface area contributed by atoms with Gasteiger partial charge in [-0.25, -0.2) is 23.4 Å². The van der Waals surface area contributed by atoms with Gasteiger partial charge in [-0.15, -0.1) is 0 Å². The predicted octanol–water partition coefficient (Wildman–Crippen LogP) is 5.15. The number of H-pyrrole nitrogens is 1. The quantitative estimate of drug-likeness (QED) is 0.334. The fraction of sp³-hybridized carbons (Fsp3) is 0.0833. The van der Waals surface area contributed by atoms with Gasteiger partial charge in [0.25, 0.3) is 0 Å². The number of aromatic nitrogens is 5. The van der Waals surface area contributed by atoms with Gasteiger partial charge in [-0.2, -0.15) is 0 Å². The van der Waals surface area contributed by atoms with Gasteiger partial charge >= 0.3 is 0 Å². The average Bonchev–Trinajstić information content (AvgIpc) is 3.30.